The molecule has 0 unspecified atom stereocenters. The topological polar surface area (TPSA) is 138 Å². The van der Waals surface area contributed by atoms with Gasteiger partial charge in [-0.3, -0.25) is 4.90 Å². The van der Waals surface area contributed by atoms with Crippen LogP contribution in [0.3, 0.4) is 0 Å². The van der Waals surface area contributed by atoms with E-state index in [1.165, 1.54) is 11.8 Å². The molecule has 11 heteroatoms. The Morgan fingerprint density at radius 1 is 1.21 bits per heavy atom. The number of amides is 2. The van der Waals surface area contributed by atoms with E-state index in [0.717, 1.165) is 11.8 Å². The number of fused-ring (bicyclic) bond motifs is 1. The Hall–Kier alpha value is -2.73. The van der Waals surface area contributed by atoms with Crippen LogP contribution in [0.2, 0.25) is 0 Å². The normalized spacial score (nSPS) is 15.4. The zero-order chi connectivity index (χ0) is 24.4. The first-order valence-electron chi connectivity index (χ1n) is 10.9. The van der Waals surface area contributed by atoms with Gasteiger partial charge in [0.2, 0.25) is 0 Å². The highest BCUT2D eigenvalue weighted by atomic mass is 16.5. The molecule has 0 spiro atoms. The van der Waals surface area contributed by atoms with Crippen molar-refractivity contribution in [1.82, 2.24) is 9.88 Å². The summed E-state index contributed by atoms with van der Waals surface area (Å²) in [5.41, 5.74) is 6.09. The zero-order valence-electron chi connectivity index (χ0n) is 19.3. The van der Waals surface area contributed by atoms with Crippen molar-refractivity contribution < 1.29 is 29.1 Å². The first-order chi connectivity index (χ1) is 15.7. The summed E-state index contributed by atoms with van der Waals surface area (Å²) in [5, 5.41) is 18.5. The summed E-state index contributed by atoms with van der Waals surface area (Å²) >= 11 is 0. The number of carboxylic acids is 1. The van der Waals surface area contributed by atoms with Gasteiger partial charge in [-0.25, -0.2) is 14.6 Å². The smallest absolute Gasteiger partial charge is 0.480 e. The number of aromatic nitrogens is 1. The van der Waals surface area contributed by atoms with Crippen LogP contribution < -0.4 is 10.6 Å². The van der Waals surface area contributed by atoms with Crippen LogP contribution in [0, 0.1) is 5.92 Å². The predicted molar refractivity (Wildman–Crippen MR) is 126 cm³/mol. The van der Waals surface area contributed by atoms with E-state index in [-0.39, 0.29) is 12.3 Å². The van der Waals surface area contributed by atoms with Crippen LogP contribution in [-0.4, -0.2) is 78.3 Å². The van der Waals surface area contributed by atoms with Crippen LogP contribution in [0.5, 0.6) is 0 Å². The SMILES string of the molecule is CC(C)C[C@H](N)O[B]O.C[C@@H](C(=O)O)N(C(=O)N1CCOCC1)c1ccc2ccccc2n1. The van der Waals surface area contributed by atoms with E-state index >= 15 is 0 Å². The highest BCUT2D eigenvalue weighted by molar-refractivity contribution is 6.15. The Labute approximate surface area is 194 Å². The van der Waals surface area contributed by atoms with Gasteiger partial charge in [-0.05, 0) is 37.5 Å². The molecular formula is C22H32BN4O6. The molecule has 0 saturated carbocycles. The van der Waals surface area contributed by atoms with Crippen LogP contribution in [0.1, 0.15) is 27.2 Å². The van der Waals surface area contributed by atoms with Gasteiger partial charge in [-0.1, -0.05) is 32.0 Å². The van der Waals surface area contributed by atoms with Crippen LogP contribution in [0.4, 0.5) is 10.6 Å². The van der Waals surface area contributed by atoms with Crippen LogP contribution in [0.25, 0.3) is 10.9 Å². The van der Waals surface area contributed by atoms with Gasteiger partial charge < -0.3 is 30.2 Å². The molecule has 1 fully saturated rings. The summed E-state index contributed by atoms with van der Waals surface area (Å²) in [6.45, 7) is 7.35. The standard InChI is InChI=1S/C17H19N3O4.C5H13BNO2/c1-12(16(21)22)20(17(23)19-8-10-24-11-9-19)15-7-6-13-4-2-3-5-14(13)18-15;1-4(2)3-5(7)9-6-8/h2-7,12H,8-11H2,1H3,(H,21,22);4-5,8H,3,7H2,1-2H3/t12-;5-/m01/s1. The number of hydrogen-bond donors (Lipinski definition) is 3. The van der Waals surface area contributed by atoms with Crippen molar-refractivity contribution >= 4 is 36.4 Å². The maximum Gasteiger partial charge on any atom is 0.486 e. The third-order valence-corrected chi connectivity index (χ3v) is 5.00. The number of para-hydroxylation sites is 1. The number of urea groups is 1. The van der Waals surface area contributed by atoms with Gasteiger partial charge in [-0.15, -0.1) is 0 Å². The fraction of sp³-hybridized carbons (Fsp3) is 0.500. The fourth-order valence-corrected chi connectivity index (χ4v) is 3.27. The first kappa shape index (κ1) is 26.5. The van der Waals surface area contributed by atoms with Gasteiger partial charge in [0.1, 0.15) is 11.9 Å². The third kappa shape index (κ3) is 7.97. The van der Waals surface area contributed by atoms with E-state index in [1.807, 2.05) is 44.2 Å². The lowest BCUT2D eigenvalue weighted by Crippen LogP contribution is -2.53. The Kier molecular flexibility index (Phi) is 10.5. The Morgan fingerprint density at radius 2 is 1.88 bits per heavy atom. The number of carbonyl (C=O) groups is 2. The van der Waals surface area contributed by atoms with E-state index in [1.54, 1.807) is 11.0 Å². The molecule has 1 aromatic carbocycles. The number of carboxylic acid groups (broad SMARTS) is 1. The van der Waals surface area contributed by atoms with Crippen LogP contribution >= 0.6 is 0 Å². The van der Waals surface area contributed by atoms with Crippen molar-refractivity contribution in [3.05, 3.63) is 36.4 Å². The Balaban J connectivity index is 0.000000365. The predicted octanol–water partition coefficient (Wildman–Crippen LogP) is 1.83. The number of nitrogens with two attached hydrogens (primary N) is 1. The second kappa shape index (κ2) is 13.1. The van der Waals surface area contributed by atoms with E-state index in [4.69, 9.17) is 15.5 Å². The van der Waals surface area contributed by atoms with Gasteiger partial charge in [0.05, 0.1) is 25.0 Å². The summed E-state index contributed by atoms with van der Waals surface area (Å²) < 4.78 is 9.82. The second-order valence-corrected chi connectivity index (χ2v) is 8.04. The van der Waals surface area contributed by atoms with Crippen molar-refractivity contribution in [2.24, 2.45) is 11.7 Å². The molecule has 1 aromatic heterocycles. The van der Waals surface area contributed by atoms with Crippen molar-refractivity contribution in [3.8, 4) is 0 Å². The molecule has 0 aliphatic carbocycles. The number of pyridine rings is 1. The lowest BCUT2D eigenvalue weighted by atomic mass is 10.1. The molecule has 2 atom stereocenters. The quantitative estimate of drug-likeness (QED) is 0.421. The molecule has 10 nitrogen and oxygen atoms in total. The van der Waals surface area contributed by atoms with E-state index in [9.17, 15) is 14.7 Å². The molecule has 4 N–H and O–H groups in total. The number of benzene rings is 1. The molecule has 0 bridgehead atoms. The molecule has 179 valence electrons. The summed E-state index contributed by atoms with van der Waals surface area (Å²) in [4.78, 5) is 31.7. The molecule has 1 radical (unpaired) electrons. The van der Waals surface area contributed by atoms with E-state index < -0.39 is 12.0 Å². The van der Waals surface area contributed by atoms with E-state index in [2.05, 4.69) is 9.64 Å². The van der Waals surface area contributed by atoms with Gasteiger partial charge in [0.25, 0.3) is 0 Å². The number of morpholine rings is 1. The lowest BCUT2D eigenvalue weighted by molar-refractivity contribution is -0.138. The van der Waals surface area contributed by atoms with Crippen molar-refractivity contribution in [2.45, 2.75) is 39.5 Å². The minimum absolute atomic E-state index is 0.333. The number of rotatable bonds is 7. The molecule has 2 aromatic rings. The molecule has 33 heavy (non-hydrogen) atoms. The number of aliphatic carboxylic acids is 1. The molecule has 2 heterocycles. The number of nitrogens with zero attached hydrogens (tertiary/aromatic N) is 3. The Morgan fingerprint density at radius 3 is 2.48 bits per heavy atom. The summed E-state index contributed by atoms with van der Waals surface area (Å²) in [6, 6.07) is 9.65. The number of ether oxygens (including phenoxy) is 1. The largest absolute Gasteiger partial charge is 0.486 e. The maximum atomic E-state index is 12.9. The first-order valence-corrected chi connectivity index (χ1v) is 10.9. The lowest BCUT2D eigenvalue weighted by Gasteiger charge is -2.34. The summed E-state index contributed by atoms with van der Waals surface area (Å²) in [5.74, 6) is -0.244. The summed E-state index contributed by atoms with van der Waals surface area (Å²) in [7, 11) is 0.632. The van der Waals surface area contributed by atoms with Crippen molar-refractivity contribution in [3.63, 3.8) is 0 Å². The number of anilines is 1. The highest BCUT2D eigenvalue weighted by Gasteiger charge is 2.32. The fourth-order valence-electron chi connectivity index (χ4n) is 3.27. The van der Waals surface area contributed by atoms with Crippen LogP contribution in [0.15, 0.2) is 36.4 Å². The second-order valence-electron chi connectivity index (χ2n) is 8.04. The monoisotopic (exact) mass is 459 g/mol. The minimum atomic E-state index is -1.08. The number of carbonyl (C=O) groups excluding carboxylic acids is 1. The molecule has 3 rings (SSSR count). The van der Waals surface area contributed by atoms with Gasteiger partial charge in [0, 0.05) is 18.5 Å². The van der Waals surface area contributed by atoms with Gasteiger partial charge >= 0.3 is 19.7 Å². The number of hydrogen-bond acceptors (Lipinski definition) is 7. The summed E-state index contributed by atoms with van der Waals surface area (Å²) in [6.07, 6.45) is 0.395. The average Bonchev–Trinajstić information content (AvgIpc) is 2.79. The van der Waals surface area contributed by atoms with E-state index in [0.29, 0.717) is 51.2 Å². The molecular weight excluding hydrogens is 427 g/mol. The average molecular weight is 459 g/mol. The molecule has 1 aliphatic rings. The minimum Gasteiger partial charge on any atom is -0.480 e. The highest BCUT2D eigenvalue weighted by Crippen LogP contribution is 2.22. The molecule has 1 aliphatic heterocycles. The van der Waals surface area contributed by atoms with Gasteiger partial charge in [0.15, 0.2) is 0 Å². The molecule has 1 saturated heterocycles. The molecule has 2 amide bonds. The van der Waals surface area contributed by atoms with Crippen molar-refractivity contribution in [2.75, 3.05) is 31.2 Å². The zero-order valence-corrected chi connectivity index (χ0v) is 19.3. The van der Waals surface area contributed by atoms with Gasteiger partial charge in [-0.2, -0.15) is 0 Å². The van der Waals surface area contributed by atoms with Crippen LogP contribution in [-0.2, 0) is 14.2 Å². The van der Waals surface area contributed by atoms with Crippen molar-refractivity contribution in [1.29, 1.82) is 0 Å². The Bertz CT molecular complexity index is 909. The maximum absolute atomic E-state index is 12.9. The third-order valence-electron chi connectivity index (χ3n) is 5.00.